The molecule has 21 heavy (non-hydrogen) atoms. The first kappa shape index (κ1) is 14.6. The molecule has 0 aromatic heterocycles. The van der Waals surface area contributed by atoms with Crippen molar-refractivity contribution in [2.75, 3.05) is 26.2 Å². The van der Waals surface area contributed by atoms with Crippen LogP contribution in [-0.4, -0.2) is 36.2 Å². The molecule has 0 aliphatic carbocycles. The van der Waals surface area contributed by atoms with E-state index in [0.717, 1.165) is 32.4 Å². The summed E-state index contributed by atoms with van der Waals surface area (Å²) in [5.74, 6) is 0.541. The Morgan fingerprint density at radius 3 is 2.57 bits per heavy atom. The van der Waals surface area contributed by atoms with Crippen molar-refractivity contribution >= 4 is 10.8 Å². The first-order valence-corrected chi connectivity index (χ1v) is 8.16. The fourth-order valence-electron chi connectivity index (χ4n) is 3.40. The van der Waals surface area contributed by atoms with Crippen molar-refractivity contribution < 1.29 is 5.11 Å². The van der Waals surface area contributed by atoms with Gasteiger partial charge in [0.1, 0.15) is 0 Å². The standard InChI is InChI=1S/C19H25NO/c21-15-16-10-13-20(14-11-16)12-4-8-18-7-3-6-17-5-1-2-9-19(17)18/h1-3,5-7,9,16,21H,4,8,10-15H2. The van der Waals surface area contributed by atoms with Gasteiger partial charge in [-0.05, 0) is 67.6 Å². The molecule has 0 amide bonds. The average Bonchev–Trinajstić information content (AvgIpc) is 2.56. The molecule has 2 aromatic rings. The highest BCUT2D eigenvalue weighted by Gasteiger charge is 2.17. The van der Waals surface area contributed by atoms with E-state index in [-0.39, 0.29) is 0 Å². The zero-order chi connectivity index (χ0) is 14.5. The van der Waals surface area contributed by atoms with Crippen molar-refractivity contribution in [1.82, 2.24) is 4.90 Å². The van der Waals surface area contributed by atoms with E-state index in [4.69, 9.17) is 0 Å². The molecule has 3 rings (SSSR count). The summed E-state index contributed by atoms with van der Waals surface area (Å²) in [4.78, 5) is 2.55. The quantitative estimate of drug-likeness (QED) is 0.908. The molecule has 1 aliphatic heterocycles. The van der Waals surface area contributed by atoms with Gasteiger partial charge in [0, 0.05) is 6.61 Å². The van der Waals surface area contributed by atoms with Gasteiger partial charge in [-0.3, -0.25) is 0 Å². The third-order valence-electron chi connectivity index (χ3n) is 4.77. The molecular weight excluding hydrogens is 258 g/mol. The highest BCUT2D eigenvalue weighted by atomic mass is 16.3. The Morgan fingerprint density at radius 2 is 1.76 bits per heavy atom. The molecule has 2 nitrogen and oxygen atoms in total. The zero-order valence-electron chi connectivity index (χ0n) is 12.7. The van der Waals surface area contributed by atoms with Crippen LogP contribution in [0.2, 0.25) is 0 Å². The summed E-state index contributed by atoms with van der Waals surface area (Å²) in [6, 6.07) is 15.3. The Bertz CT molecular complexity index is 567. The highest BCUT2D eigenvalue weighted by Crippen LogP contribution is 2.21. The monoisotopic (exact) mass is 283 g/mol. The maximum absolute atomic E-state index is 9.18. The number of likely N-dealkylation sites (tertiary alicyclic amines) is 1. The number of aliphatic hydroxyl groups excluding tert-OH is 1. The fourth-order valence-corrected chi connectivity index (χ4v) is 3.40. The number of rotatable bonds is 5. The second-order valence-electron chi connectivity index (χ2n) is 6.21. The average molecular weight is 283 g/mol. The fraction of sp³-hybridized carbons (Fsp3) is 0.474. The summed E-state index contributed by atoms with van der Waals surface area (Å²) < 4.78 is 0. The topological polar surface area (TPSA) is 23.5 Å². The van der Waals surface area contributed by atoms with Crippen LogP contribution in [0.25, 0.3) is 10.8 Å². The van der Waals surface area contributed by atoms with Crippen LogP contribution in [0.4, 0.5) is 0 Å². The summed E-state index contributed by atoms with van der Waals surface area (Å²) >= 11 is 0. The number of hydrogen-bond donors (Lipinski definition) is 1. The largest absolute Gasteiger partial charge is 0.396 e. The predicted molar refractivity (Wildman–Crippen MR) is 88.5 cm³/mol. The molecule has 2 heteroatoms. The predicted octanol–water partition coefficient (Wildman–Crippen LogP) is 3.48. The second kappa shape index (κ2) is 7.06. The van der Waals surface area contributed by atoms with Gasteiger partial charge in [0.25, 0.3) is 0 Å². The van der Waals surface area contributed by atoms with Crippen LogP contribution in [0.5, 0.6) is 0 Å². The normalized spacial score (nSPS) is 17.4. The van der Waals surface area contributed by atoms with Crippen molar-refractivity contribution in [2.24, 2.45) is 5.92 Å². The highest BCUT2D eigenvalue weighted by molar-refractivity contribution is 5.85. The Balaban J connectivity index is 1.53. The SMILES string of the molecule is OCC1CCN(CCCc2cccc3ccccc23)CC1. The molecular formula is C19H25NO. The first-order chi connectivity index (χ1) is 10.4. The number of fused-ring (bicyclic) bond motifs is 1. The first-order valence-electron chi connectivity index (χ1n) is 8.16. The minimum atomic E-state index is 0.365. The molecule has 0 saturated carbocycles. The molecule has 0 atom stereocenters. The van der Waals surface area contributed by atoms with Gasteiger partial charge in [-0.1, -0.05) is 42.5 Å². The minimum Gasteiger partial charge on any atom is -0.396 e. The van der Waals surface area contributed by atoms with Crippen molar-refractivity contribution in [3.05, 3.63) is 48.0 Å². The van der Waals surface area contributed by atoms with E-state index in [2.05, 4.69) is 47.4 Å². The Kier molecular flexibility index (Phi) is 4.89. The number of nitrogens with zero attached hydrogens (tertiary/aromatic N) is 1. The zero-order valence-corrected chi connectivity index (χ0v) is 12.7. The van der Waals surface area contributed by atoms with Gasteiger partial charge in [-0.25, -0.2) is 0 Å². The number of hydrogen-bond acceptors (Lipinski definition) is 2. The van der Waals surface area contributed by atoms with E-state index in [9.17, 15) is 5.11 Å². The van der Waals surface area contributed by atoms with Crippen molar-refractivity contribution in [3.63, 3.8) is 0 Å². The summed E-state index contributed by atoms with van der Waals surface area (Å²) in [5.41, 5.74) is 1.47. The van der Waals surface area contributed by atoms with E-state index >= 15 is 0 Å². The van der Waals surface area contributed by atoms with E-state index in [1.165, 1.54) is 29.3 Å². The molecule has 1 fully saturated rings. The van der Waals surface area contributed by atoms with E-state index in [0.29, 0.717) is 12.5 Å². The van der Waals surface area contributed by atoms with E-state index in [1.807, 2.05) is 0 Å². The molecule has 1 N–H and O–H groups in total. The maximum atomic E-state index is 9.18. The minimum absolute atomic E-state index is 0.365. The van der Waals surface area contributed by atoms with E-state index < -0.39 is 0 Å². The molecule has 0 spiro atoms. The van der Waals surface area contributed by atoms with Gasteiger partial charge < -0.3 is 10.0 Å². The van der Waals surface area contributed by atoms with Crippen molar-refractivity contribution in [2.45, 2.75) is 25.7 Å². The van der Waals surface area contributed by atoms with Gasteiger partial charge in [-0.15, -0.1) is 0 Å². The van der Waals surface area contributed by atoms with Crippen LogP contribution in [0.3, 0.4) is 0 Å². The lowest BCUT2D eigenvalue weighted by molar-refractivity contribution is 0.131. The van der Waals surface area contributed by atoms with Crippen LogP contribution in [0, 0.1) is 5.92 Å². The van der Waals surface area contributed by atoms with Gasteiger partial charge in [-0.2, -0.15) is 0 Å². The van der Waals surface area contributed by atoms with Crippen molar-refractivity contribution in [1.29, 1.82) is 0 Å². The molecule has 1 saturated heterocycles. The summed E-state index contributed by atoms with van der Waals surface area (Å²) in [6.07, 6.45) is 4.69. The molecule has 1 aliphatic rings. The van der Waals surface area contributed by atoms with Crippen molar-refractivity contribution in [3.8, 4) is 0 Å². The molecule has 112 valence electrons. The van der Waals surface area contributed by atoms with Crippen LogP contribution < -0.4 is 0 Å². The lowest BCUT2D eigenvalue weighted by atomic mass is 9.97. The molecule has 0 radical (unpaired) electrons. The van der Waals surface area contributed by atoms with Gasteiger partial charge >= 0.3 is 0 Å². The molecule has 0 bridgehead atoms. The molecule has 2 aromatic carbocycles. The number of piperidine rings is 1. The Morgan fingerprint density at radius 1 is 1.00 bits per heavy atom. The van der Waals surface area contributed by atoms with Gasteiger partial charge in [0.05, 0.1) is 0 Å². The molecule has 1 heterocycles. The summed E-state index contributed by atoms with van der Waals surface area (Å²) in [5, 5.41) is 11.9. The molecule has 0 unspecified atom stereocenters. The number of benzene rings is 2. The summed E-state index contributed by atoms with van der Waals surface area (Å²) in [7, 11) is 0. The third kappa shape index (κ3) is 3.63. The third-order valence-corrected chi connectivity index (χ3v) is 4.77. The van der Waals surface area contributed by atoms with Crippen LogP contribution in [0.1, 0.15) is 24.8 Å². The van der Waals surface area contributed by atoms with Gasteiger partial charge in [0.15, 0.2) is 0 Å². The van der Waals surface area contributed by atoms with Crippen LogP contribution >= 0.6 is 0 Å². The summed E-state index contributed by atoms with van der Waals surface area (Å²) in [6.45, 7) is 3.85. The smallest absolute Gasteiger partial charge is 0.0460 e. The van der Waals surface area contributed by atoms with E-state index in [1.54, 1.807) is 0 Å². The van der Waals surface area contributed by atoms with Gasteiger partial charge in [0.2, 0.25) is 0 Å². The number of aliphatic hydroxyl groups is 1. The lowest BCUT2D eigenvalue weighted by Gasteiger charge is -2.31. The van der Waals surface area contributed by atoms with Crippen LogP contribution in [0.15, 0.2) is 42.5 Å². The Labute approximate surface area is 127 Å². The Hall–Kier alpha value is -1.38. The van der Waals surface area contributed by atoms with Crippen LogP contribution in [-0.2, 0) is 6.42 Å². The second-order valence-corrected chi connectivity index (χ2v) is 6.21. The lowest BCUT2D eigenvalue weighted by Crippen LogP contribution is -2.35. The maximum Gasteiger partial charge on any atom is 0.0460 e. The number of aryl methyl sites for hydroxylation is 1.